The second-order valence-electron chi connectivity index (χ2n) is 2.51. The molecule has 0 saturated heterocycles. The summed E-state index contributed by atoms with van der Waals surface area (Å²) in [5, 5.41) is 27.0. The van der Waals surface area contributed by atoms with E-state index in [2.05, 4.69) is 4.98 Å². The Balaban J connectivity index is 0.00000144. The van der Waals surface area contributed by atoms with E-state index in [4.69, 9.17) is 10.2 Å². The molecule has 0 aliphatic rings. The summed E-state index contributed by atoms with van der Waals surface area (Å²) in [5.41, 5.74) is 1.27. The molecule has 0 saturated carbocycles. The molecule has 5 heteroatoms. The van der Waals surface area contributed by atoms with Crippen LogP contribution in [0.4, 0.5) is 0 Å². The number of rotatable bonds is 2. The molecule has 0 spiro atoms. The molecular formula is C8H11MnNO3. The predicted octanol–water partition coefficient (Wildman–Crippen LogP) is 0.0777. The molecule has 13 heavy (non-hydrogen) atoms. The molecule has 0 unspecified atom stereocenters. The van der Waals surface area contributed by atoms with E-state index in [-0.39, 0.29) is 36.0 Å². The molecule has 1 radical (unpaired) electrons. The Hall–Kier alpha value is -0.611. The second-order valence-corrected chi connectivity index (χ2v) is 2.51. The summed E-state index contributed by atoms with van der Waals surface area (Å²) in [5.74, 6) is -0.0379. The minimum Gasteiger partial charge on any atom is -0.506 e. The Kier molecular flexibility index (Phi) is 4.95. The smallest absolute Gasteiger partial charge is 0.142 e. The van der Waals surface area contributed by atoms with Crippen LogP contribution in [0, 0.1) is 6.92 Å². The van der Waals surface area contributed by atoms with Crippen molar-refractivity contribution in [2.75, 3.05) is 0 Å². The summed E-state index contributed by atoms with van der Waals surface area (Å²) in [6.07, 6.45) is 1.45. The molecule has 0 bridgehead atoms. The van der Waals surface area contributed by atoms with E-state index in [1.807, 2.05) is 0 Å². The zero-order valence-corrected chi connectivity index (χ0v) is 8.34. The normalized spacial score (nSPS) is 9.46. The van der Waals surface area contributed by atoms with Crippen LogP contribution in [0.2, 0.25) is 0 Å². The Morgan fingerprint density at radius 2 is 1.92 bits per heavy atom. The molecule has 1 rings (SSSR count). The van der Waals surface area contributed by atoms with Crippen molar-refractivity contribution in [1.29, 1.82) is 0 Å². The van der Waals surface area contributed by atoms with Crippen LogP contribution < -0.4 is 0 Å². The van der Waals surface area contributed by atoms with Gasteiger partial charge in [-0.1, -0.05) is 0 Å². The summed E-state index contributed by atoms with van der Waals surface area (Å²) in [6.45, 7) is 1.12. The number of aromatic nitrogens is 1. The molecule has 0 aliphatic carbocycles. The molecule has 0 aromatic carbocycles. The van der Waals surface area contributed by atoms with E-state index < -0.39 is 0 Å². The number of aryl methyl sites for hydroxylation is 1. The van der Waals surface area contributed by atoms with Crippen LogP contribution in [0.15, 0.2) is 6.20 Å². The zero-order chi connectivity index (χ0) is 9.14. The van der Waals surface area contributed by atoms with E-state index in [0.717, 1.165) is 0 Å². The number of nitrogens with zero attached hydrogens (tertiary/aromatic N) is 1. The molecule has 4 nitrogen and oxygen atoms in total. The molecule has 1 heterocycles. The van der Waals surface area contributed by atoms with Crippen molar-refractivity contribution in [2.45, 2.75) is 20.1 Å². The van der Waals surface area contributed by atoms with E-state index in [1.165, 1.54) is 6.20 Å². The quantitative estimate of drug-likeness (QED) is 0.622. The largest absolute Gasteiger partial charge is 0.506 e. The maximum atomic E-state index is 9.38. The fourth-order valence-corrected chi connectivity index (χ4v) is 0.997. The SMILES string of the molecule is Cc1ncc(CO)c(CO)c1O.[Mn]. The van der Waals surface area contributed by atoms with Gasteiger partial charge in [-0.3, -0.25) is 4.98 Å². The van der Waals surface area contributed by atoms with Crippen molar-refractivity contribution >= 4 is 0 Å². The Morgan fingerprint density at radius 1 is 1.31 bits per heavy atom. The zero-order valence-electron chi connectivity index (χ0n) is 7.16. The topological polar surface area (TPSA) is 73.6 Å². The Morgan fingerprint density at radius 3 is 2.38 bits per heavy atom. The first-order valence-electron chi connectivity index (χ1n) is 3.58. The van der Waals surface area contributed by atoms with Gasteiger partial charge < -0.3 is 15.3 Å². The van der Waals surface area contributed by atoms with Gasteiger partial charge in [0, 0.05) is 34.4 Å². The molecule has 0 fully saturated rings. The van der Waals surface area contributed by atoms with Gasteiger partial charge >= 0.3 is 0 Å². The summed E-state index contributed by atoms with van der Waals surface area (Å²) in [6, 6.07) is 0. The monoisotopic (exact) mass is 224 g/mol. The standard InChI is InChI=1S/C8H11NO3.Mn/c1-5-8(12)7(4-11)6(3-10)2-9-5;/h2,10-12H,3-4H2,1H3;. The van der Waals surface area contributed by atoms with Gasteiger partial charge in [0.2, 0.25) is 0 Å². The van der Waals surface area contributed by atoms with Gasteiger partial charge in [0.25, 0.3) is 0 Å². The maximum Gasteiger partial charge on any atom is 0.142 e. The Labute approximate surface area is 86.7 Å². The van der Waals surface area contributed by atoms with Crippen molar-refractivity contribution in [3.63, 3.8) is 0 Å². The van der Waals surface area contributed by atoms with Gasteiger partial charge in [-0.2, -0.15) is 0 Å². The van der Waals surface area contributed by atoms with Gasteiger partial charge in [0.1, 0.15) is 5.75 Å². The number of pyridine rings is 1. The number of aliphatic hydroxyl groups is 2. The number of hydrogen-bond acceptors (Lipinski definition) is 4. The molecule has 3 N–H and O–H groups in total. The number of aromatic hydroxyl groups is 1. The van der Waals surface area contributed by atoms with Crippen LogP contribution in [-0.2, 0) is 30.3 Å². The van der Waals surface area contributed by atoms with Gasteiger partial charge in [-0.05, 0) is 6.92 Å². The van der Waals surface area contributed by atoms with Gasteiger partial charge in [0.15, 0.2) is 0 Å². The minimum atomic E-state index is -0.287. The molecule has 0 aliphatic heterocycles. The molecule has 73 valence electrons. The fourth-order valence-electron chi connectivity index (χ4n) is 0.997. The van der Waals surface area contributed by atoms with E-state index >= 15 is 0 Å². The molecule has 1 aromatic rings. The van der Waals surface area contributed by atoms with E-state index in [1.54, 1.807) is 6.92 Å². The van der Waals surface area contributed by atoms with Crippen molar-refractivity contribution in [1.82, 2.24) is 4.98 Å². The van der Waals surface area contributed by atoms with Crippen molar-refractivity contribution in [2.24, 2.45) is 0 Å². The van der Waals surface area contributed by atoms with Crippen molar-refractivity contribution in [3.05, 3.63) is 23.0 Å². The molecular weight excluding hydrogens is 213 g/mol. The average molecular weight is 224 g/mol. The fraction of sp³-hybridized carbons (Fsp3) is 0.375. The van der Waals surface area contributed by atoms with E-state index in [0.29, 0.717) is 16.8 Å². The Bertz CT molecular complexity index is 291. The van der Waals surface area contributed by atoms with Gasteiger partial charge in [-0.25, -0.2) is 0 Å². The third-order valence-electron chi connectivity index (χ3n) is 1.76. The third kappa shape index (κ3) is 2.42. The van der Waals surface area contributed by atoms with Crippen LogP contribution in [0.3, 0.4) is 0 Å². The summed E-state index contributed by atoms with van der Waals surface area (Å²) >= 11 is 0. The van der Waals surface area contributed by atoms with Crippen LogP contribution in [0.1, 0.15) is 16.8 Å². The number of aliphatic hydroxyl groups excluding tert-OH is 2. The summed E-state index contributed by atoms with van der Waals surface area (Å²) in [7, 11) is 0. The van der Waals surface area contributed by atoms with Crippen LogP contribution in [0.25, 0.3) is 0 Å². The van der Waals surface area contributed by atoms with Crippen LogP contribution in [-0.4, -0.2) is 20.3 Å². The second kappa shape index (κ2) is 5.19. The predicted molar refractivity (Wildman–Crippen MR) is 42.5 cm³/mol. The summed E-state index contributed by atoms with van der Waals surface area (Å²) in [4.78, 5) is 3.84. The first-order valence-corrected chi connectivity index (χ1v) is 3.58. The molecule has 0 atom stereocenters. The van der Waals surface area contributed by atoms with Gasteiger partial charge in [0.05, 0.1) is 18.9 Å². The molecule has 1 aromatic heterocycles. The summed E-state index contributed by atoms with van der Waals surface area (Å²) < 4.78 is 0. The van der Waals surface area contributed by atoms with Crippen LogP contribution in [0.5, 0.6) is 5.75 Å². The van der Waals surface area contributed by atoms with Crippen molar-refractivity contribution in [3.8, 4) is 5.75 Å². The first kappa shape index (κ1) is 12.4. The average Bonchev–Trinajstić information content (AvgIpc) is 2.09. The third-order valence-corrected chi connectivity index (χ3v) is 1.76. The minimum absolute atomic E-state index is 0. The number of hydrogen-bond donors (Lipinski definition) is 3. The molecule has 0 amide bonds. The van der Waals surface area contributed by atoms with Crippen molar-refractivity contribution < 1.29 is 32.4 Å². The maximum absolute atomic E-state index is 9.38. The van der Waals surface area contributed by atoms with Gasteiger partial charge in [-0.15, -0.1) is 0 Å². The van der Waals surface area contributed by atoms with Crippen LogP contribution >= 0.6 is 0 Å². The first-order chi connectivity index (χ1) is 5.70. The van der Waals surface area contributed by atoms with E-state index in [9.17, 15) is 5.11 Å².